The van der Waals surface area contributed by atoms with Crippen molar-refractivity contribution in [3.63, 3.8) is 0 Å². The van der Waals surface area contributed by atoms with Gasteiger partial charge in [0.15, 0.2) is 0 Å². The van der Waals surface area contributed by atoms with Crippen LogP contribution in [0.4, 0.5) is 0 Å². The van der Waals surface area contributed by atoms with Gasteiger partial charge in [-0.2, -0.15) is 0 Å². The molecule has 0 radical (unpaired) electrons. The Morgan fingerprint density at radius 2 is 2.04 bits per heavy atom. The number of rotatable bonds is 5. The van der Waals surface area contributed by atoms with Crippen molar-refractivity contribution >= 4 is 11.8 Å². The molecule has 2 aliphatic rings. The minimum absolute atomic E-state index is 0.0286. The van der Waals surface area contributed by atoms with Crippen molar-refractivity contribution in [2.75, 3.05) is 13.7 Å². The second kappa shape index (κ2) is 6.43. The number of carbonyl (C=O) groups excluding carboxylic acids is 2. The van der Waals surface area contributed by atoms with E-state index in [2.05, 4.69) is 10.6 Å². The van der Waals surface area contributed by atoms with Crippen molar-refractivity contribution in [3.05, 3.63) is 28.8 Å². The third-order valence-electron chi connectivity index (χ3n) is 5.09. The summed E-state index contributed by atoms with van der Waals surface area (Å²) in [4.78, 5) is 24.7. The van der Waals surface area contributed by atoms with Gasteiger partial charge in [0, 0.05) is 36.7 Å². The largest absolute Gasteiger partial charge is 0.489 e. The van der Waals surface area contributed by atoms with E-state index in [0.29, 0.717) is 29.2 Å². The zero-order chi connectivity index (χ0) is 17.4. The molecule has 2 amide bonds. The van der Waals surface area contributed by atoms with Crippen molar-refractivity contribution in [1.29, 1.82) is 0 Å². The molecule has 0 bridgehead atoms. The fourth-order valence-corrected chi connectivity index (χ4v) is 3.26. The fraction of sp³-hybridized carbons (Fsp3) is 0.556. The minimum Gasteiger partial charge on any atom is -0.489 e. The Morgan fingerprint density at radius 3 is 2.71 bits per heavy atom. The number of fused-ring (bicyclic) bond motifs is 1. The molecule has 3 rings (SSSR count). The number of aliphatic hydroxyl groups is 1. The molecule has 1 aromatic carbocycles. The number of nitrogens with one attached hydrogen (secondary N) is 2. The molecule has 3 N–H and O–H groups in total. The van der Waals surface area contributed by atoms with Crippen molar-refractivity contribution in [2.45, 2.75) is 44.8 Å². The molecular formula is C18H24N2O4. The summed E-state index contributed by atoms with van der Waals surface area (Å²) < 4.78 is 5.83. The maximum atomic E-state index is 12.5. The molecule has 0 aromatic heterocycles. The molecule has 4 atom stereocenters. The van der Waals surface area contributed by atoms with E-state index in [-0.39, 0.29) is 36.5 Å². The number of ether oxygens (including phenoxy) is 1. The summed E-state index contributed by atoms with van der Waals surface area (Å²) in [6.07, 6.45) is 1.58. The smallest absolute Gasteiger partial charge is 0.254 e. The number of hydrogen-bond donors (Lipinski definition) is 3. The quantitative estimate of drug-likeness (QED) is 0.761. The third kappa shape index (κ3) is 2.98. The van der Waals surface area contributed by atoms with Gasteiger partial charge in [-0.1, -0.05) is 6.92 Å². The molecule has 0 unspecified atom stereocenters. The van der Waals surface area contributed by atoms with Crippen LogP contribution in [-0.4, -0.2) is 42.7 Å². The van der Waals surface area contributed by atoms with E-state index in [1.165, 1.54) is 0 Å². The van der Waals surface area contributed by atoms with Crippen molar-refractivity contribution in [1.82, 2.24) is 10.6 Å². The molecule has 0 saturated heterocycles. The van der Waals surface area contributed by atoms with Crippen molar-refractivity contribution < 1.29 is 19.4 Å². The second-order valence-corrected chi connectivity index (χ2v) is 6.72. The maximum Gasteiger partial charge on any atom is 0.254 e. The monoisotopic (exact) mass is 332 g/mol. The van der Waals surface area contributed by atoms with E-state index < -0.39 is 0 Å². The summed E-state index contributed by atoms with van der Waals surface area (Å²) in [5.41, 5.74) is 1.78. The lowest BCUT2D eigenvalue weighted by Gasteiger charge is -2.11. The van der Waals surface area contributed by atoms with Crippen LogP contribution in [-0.2, 0) is 0 Å². The molecule has 1 aromatic rings. The first-order valence-electron chi connectivity index (χ1n) is 8.44. The molecule has 0 spiro atoms. The van der Waals surface area contributed by atoms with Gasteiger partial charge < -0.3 is 20.5 Å². The summed E-state index contributed by atoms with van der Waals surface area (Å²) in [5.74, 6) is 0.621. The van der Waals surface area contributed by atoms with Crippen LogP contribution in [0.3, 0.4) is 0 Å². The van der Waals surface area contributed by atoms with Crippen LogP contribution >= 0.6 is 0 Å². The summed E-state index contributed by atoms with van der Waals surface area (Å²) in [7, 11) is 1.56. The predicted octanol–water partition coefficient (Wildman–Crippen LogP) is 1.43. The Bertz CT molecular complexity index is 673. The predicted molar refractivity (Wildman–Crippen MR) is 89.4 cm³/mol. The molecule has 1 saturated carbocycles. The summed E-state index contributed by atoms with van der Waals surface area (Å²) >= 11 is 0. The van der Waals surface area contributed by atoms with Crippen LogP contribution in [0.25, 0.3) is 0 Å². The molecule has 24 heavy (non-hydrogen) atoms. The zero-order valence-electron chi connectivity index (χ0n) is 14.3. The van der Waals surface area contributed by atoms with Crippen LogP contribution < -0.4 is 15.4 Å². The Balaban J connectivity index is 1.86. The van der Waals surface area contributed by atoms with Gasteiger partial charge in [0.05, 0.1) is 5.56 Å². The molecule has 6 heteroatoms. The average molecular weight is 332 g/mol. The lowest BCUT2D eigenvalue weighted by Crippen LogP contribution is -2.28. The lowest BCUT2D eigenvalue weighted by atomic mass is 9.94. The number of carbonyl (C=O) groups is 2. The standard InChI is InChI=1S/C18H24N2O4/c1-9-10(2)24-16-13(9)6-12(7-14(16)18(23)19-3)17(22)20-15-8-11(15)4-5-21/h6-7,9-11,15,21H,4-5,8H2,1-3H3,(H,19,23)(H,20,22)/t9-,10-,11+,15+/m1/s1. The van der Waals surface area contributed by atoms with Crippen molar-refractivity contribution in [3.8, 4) is 5.75 Å². The highest BCUT2D eigenvalue weighted by molar-refractivity contribution is 6.02. The SMILES string of the molecule is CNC(=O)c1cc(C(=O)N[C@H]2C[C@@H]2CCO)cc2c1O[C@H](C)[C@H]2C. The molecule has 1 aliphatic heterocycles. The number of benzene rings is 1. The van der Waals surface area contributed by atoms with Crippen LogP contribution in [0.2, 0.25) is 0 Å². The summed E-state index contributed by atoms with van der Waals surface area (Å²) in [6, 6.07) is 3.55. The number of amides is 2. The molecular weight excluding hydrogens is 308 g/mol. The highest BCUT2D eigenvalue weighted by Gasteiger charge is 2.38. The maximum absolute atomic E-state index is 12.5. The highest BCUT2D eigenvalue weighted by Crippen LogP contribution is 2.41. The second-order valence-electron chi connectivity index (χ2n) is 6.72. The lowest BCUT2D eigenvalue weighted by molar-refractivity contribution is 0.0948. The first kappa shape index (κ1) is 16.8. The zero-order valence-corrected chi connectivity index (χ0v) is 14.3. The van der Waals surface area contributed by atoms with Gasteiger partial charge in [-0.05, 0) is 37.8 Å². The average Bonchev–Trinajstić information content (AvgIpc) is 3.23. The number of hydrogen-bond acceptors (Lipinski definition) is 4. The third-order valence-corrected chi connectivity index (χ3v) is 5.09. The Labute approximate surface area is 141 Å². The van der Waals surface area contributed by atoms with E-state index in [1.54, 1.807) is 13.1 Å². The van der Waals surface area contributed by atoms with E-state index in [0.717, 1.165) is 12.0 Å². The van der Waals surface area contributed by atoms with Gasteiger partial charge in [-0.25, -0.2) is 0 Å². The Hall–Kier alpha value is -2.08. The van der Waals surface area contributed by atoms with Gasteiger partial charge >= 0.3 is 0 Å². The van der Waals surface area contributed by atoms with Crippen LogP contribution in [0.1, 0.15) is 58.9 Å². The van der Waals surface area contributed by atoms with Gasteiger partial charge in [-0.15, -0.1) is 0 Å². The normalized spacial score (nSPS) is 27.2. The van der Waals surface area contributed by atoms with Gasteiger partial charge in [0.1, 0.15) is 11.9 Å². The summed E-state index contributed by atoms with van der Waals surface area (Å²) in [5, 5.41) is 14.5. The van der Waals surface area contributed by atoms with Gasteiger partial charge in [0.2, 0.25) is 0 Å². The first-order chi connectivity index (χ1) is 11.5. The molecule has 6 nitrogen and oxygen atoms in total. The van der Waals surface area contributed by atoms with E-state index >= 15 is 0 Å². The minimum atomic E-state index is -0.258. The van der Waals surface area contributed by atoms with Crippen LogP contribution in [0.15, 0.2) is 12.1 Å². The van der Waals surface area contributed by atoms with Crippen LogP contribution in [0.5, 0.6) is 5.75 Å². The van der Waals surface area contributed by atoms with Gasteiger partial charge in [-0.3, -0.25) is 9.59 Å². The van der Waals surface area contributed by atoms with E-state index in [9.17, 15) is 9.59 Å². The topological polar surface area (TPSA) is 87.7 Å². The van der Waals surface area contributed by atoms with Gasteiger partial charge in [0.25, 0.3) is 11.8 Å². The van der Waals surface area contributed by atoms with Crippen molar-refractivity contribution in [2.24, 2.45) is 5.92 Å². The highest BCUT2D eigenvalue weighted by atomic mass is 16.5. The molecule has 1 aliphatic carbocycles. The Kier molecular flexibility index (Phi) is 4.49. The van der Waals surface area contributed by atoms with E-state index in [4.69, 9.17) is 9.84 Å². The number of aliphatic hydroxyl groups excluding tert-OH is 1. The molecule has 130 valence electrons. The van der Waals surface area contributed by atoms with E-state index in [1.807, 2.05) is 19.9 Å². The first-order valence-corrected chi connectivity index (χ1v) is 8.44. The summed E-state index contributed by atoms with van der Waals surface area (Å²) in [6.45, 7) is 4.13. The van der Waals surface area contributed by atoms with Crippen LogP contribution in [0, 0.1) is 5.92 Å². The fourth-order valence-electron chi connectivity index (χ4n) is 3.26. The molecule has 1 heterocycles. The Morgan fingerprint density at radius 1 is 1.29 bits per heavy atom. The molecule has 1 fully saturated rings.